The van der Waals surface area contributed by atoms with E-state index in [1.165, 1.54) is 70.0 Å². The fraction of sp³-hybridized carbons (Fsp3) is 0. The summed E-state index contributed by atoms with van der Waals surface area (Å²) in [6, 6.07) is 111. The van der Waals surface area contributed by atoms with Crippen molar-refractivity contribution in [3.05, 3.63) is 315 Å². The molecule has 0 aliphatic rings. The SMILES string of the molecule is c1ccc(-c2nc(-c3cccc(-c4ccc5c(ccc6c7ccccc7ccc56)c4)c3)nc(-c3ccc4ccccc4c3)n2)cc1.c1ccc(-c2nc(-c3ccccc3)nc(-c3cccc(-c4ccc5c(ccc6c7ccccc7ccc56)c4)c3)n2)cc1. The van der Waals surface area contributed by atoms with Gasteiger partial charge in [0.1, 0.15) is 0 Å². The van der Waals surface area contributed by atoms with E-state index in [1.807, 2.05) is 91.0 Å². The van der Waals surface area contributed by atoms with Gasteiger partial charge in [-0.3, -0.25) is 0 Å². The van der Waals surface area contributed by atoms with Gasteiger partial charge >= 0.3 is 0 Å². The Hall–Kier alpha value is -11.9. The summed E-state index contributed by atoms with van der Waals surface area (Å²) in [6.07, 6.45) is 0. The van der Waals surface area contributed by atoms with Crippen LogP contribution in [0.3, 0.4) is 0 Å². The Morgan fingerprint density at radius 2 is 0.375 bits per heavy atom. The zero-order chi connectivity index (χ0) is 58.3. The third-order valence-electron chi connectivity index (χ3n) is 16.8. The van der Waals surface area contributed by atoms with E-state index in [0.29, 0.717) is 34.9 Å². The standard InChI is InChI=1S/C43H27N3.C39H25N3/c1-2-11-30(12-3-1)41-44-42(46-43(45-41)36-18-17-28-9-4-5-13-31(28)26-36)35-15-8-14-32(27-35)33-20-22-38-34(25-33)21-24-39-37-16-7-6-10-29(37)19-23-40(38)39;1-3-11-27(12-4-1)37-40-38(28-13-5-2-6-14-28)42-39(41-37)32-16-9-15-29(25-32)30-19-21-34-31(24-30)20-23-35-33-17-8-7-10-26(33)18-22-36(34)35/h1-27H;1-25H. The fourth-order valence-corrected chi connectivity index (χ4v) is 12.3. The van der Waals surface area contributed by atoms with Crippen LogP contribution in [-0.2, 0) is 0 Å². The molecule has 0 radical (unpaired) electrons. The first kappa shape index (κ1) is 51.8. The van der Waals surface area contributed by atoms with Gasteiger partial charge in [-0.25, -0.2) is 29.9 Å². The normalized spacial score (nSPS) is 11.4. The van der Waals surface area contributed by atoms with Gasteiger partial charge in [0.05, 0.1) is 0 Å². The summed E-state index contributed by atoms with van der Waals surface area (Å²) >= 11 is 0. The van der Waals surface area contributed by atoms with Crippen molar-refractivity contribution in [2.45, 2.75) is 0 Å². The fourth-order valence-electron chi connectivity index (χ4n) is 12.3. The van der Waals surface area contributed by atoms with Gasteiger partial charge < -0.3 is 0 Å². The molecule has 0 amide bonds. The lowest BCUT2D eigenvalue weighted by Crippen LogP contribution is -2.00. The maximum Gasteiger partial charge on any atom is 0.164 e. The molecule has 0 bridgehead atoms. The quantitative estimate of drug-likeness (QED) is 0.141. The zero-order valence-electron chi connectivity index (χ0n) is 47.7. The van der Waals surface area contributed by atoms with E-state index in [2.05, 4.69) is 224 Å². The molecule has 0 aliphatic heterocycles. The summed E-state index contributed by atoms with van der Waals surface area (Å²) in [4.78, 5) is 29.6. The predicted octanol–water partition coefficient (Wildman–Crippen LogP) is 21.2. The molecule has 0 saturated carbocycles. The van der Waals surface area contributed by atoms with Crippen molar-refractivity contribution >= 4 is 75.4 Å². The first-order chi connectivity index (χ1) is 43.6. The highest BCUT2D eigenvalue weighted by atomic mass is 15.0. The smallest absolute Gasteiger partial charge is 0.164 e. The number of nitrogens with zero attached hydrogens (tertiary/aromatic N) is 6. The second-order valence-corrected chi connectivity index (χ2v) is 22.2. The van der Waals surface area contributed by atoms with Crippen LogP contribution < -0.4 is 0 Å². The second-order valence-electron chi connectivity index (χ2n) is 22.2. The number of hydrogen-bond donors (Lipinski definition) is 0. The molecule has 0 atom stereocenters. The van der Waals surface area contributed by atoms with E-state index < -0.39 is 0 Å². The second kappa shape index (κ2) is 22.3. The topological polar surface area (TPSA) is 77.3 Å². The van der Waals surface area contributed by atoms with E-state index in [9.17, 15) is 0 Å². The summed E-state index contributed by atoms with van der Waals surface area (Å²) in [6.45, 7) is 0. The van der Waals surface area contributed by atoms with Gasteiger partial charge in [0.15, 0.2) is 34.9 Å². The summed E-state index contributed by atoms with van der Waals surface area (Å²) in [5.41, 5.74) is 10.3. The molecule has 0 N–H and O–H groups in total. The van der Waals surface area contributed by atoms with Crippen LogP contribution in [0.2, 0.25) is 0 Å². The van der Waals surface area contributed by atoms with Gasteiger partial charge in [0, 0.05) is 33.4 Å². The first-order valence-corrected chi connectivity index (χ1v) is 29.6. The summed E-state index contributed by atoms with van der Waals surface area (Å²) in [5.74, 6) is 3.94. The minimum atomic E-state index is 0.650. The molecule has 6 nitrogen and oxygen atoms in total. The average Bonchev–Trinajstić information content (AvgIpc) is 1.51. The third kappa shape index (κ3) is 9.90. The zero-order valence-corrected chi connectivity index (χ0v) is 47.7. The highest BCUT2D eigenvalue weighted by molar-refractivity contribution is 6.19. The van der Waals surface area contributed by atoms with E-state index in [-0.39, 0.29) is 0 Å². The monoisotopic (exact) mass is 1120 g/mol. The van der Waals surface area contributed by atoms with Crippen LogP contribution in [0.1, 0.15) is 0 Å². The van der Waals surface area contributed by atoms with E-state index >= 15 is 0 Å². The molecular weight excluding hydrogens is 1070 g/mol. The van der Waals surface area contributed by atoms with E-state index in [4.69, 9.17) is 29.9 Å². The van der Waals surface area contributed by atoms with Crippen molar-refractivity contribution in [1.82, 2.24) is 29.9 Å². The Morgan fingerprint density at radius 1 is 0.125 bits per heavy atom. The Bertz CT molecular complexity index is 5460. The van der Waals surface area contributed by atoms with Crippen molar-refractivity contribution in [3.63, 3.8) is 0 Å². The molecule has 6 heteroatoms. The average molecular weight is 1120 g/mol. The minimum Gasteiger partial charge on any atom is -0.208 e. The maximum absolute atomic E-state index is 5.03. The van der Waals surface area contributed by atoms with Crippen molar-refractivity contribution in [3.8, 4) is 90.6 Å². The van der Waals surface area contributed by atoms with Crippen molar-refractivity contribution in [2.24, 2.45) is 0 Å². The van der Waals surface area contributed by atoms with Crippen LogP contribution >= 0.6 is 0 Å². The number of benzene rings is 15. The summed E-state index contributed by atoms with van der Waals surface area (Å²) in [7, 11) is 0. The number of hydrogen-bond acceptors (Lipinski definition) is 6. The van der Waals surface area contributed by atoms with Crippen LogP contribution in [0.15, 0.2) is 315 Å². The van der Waals surface area contributed by atoms with Crippen molar-refractivity contribution in [2.75, 3.05) is 0 Å². The van der Waals surface area contributed by atoms with Crippen LogP contribution in [0.4, 0.5) is 0 Å². The van der Waals surface area contributed by atoms with Gasteiger partial charge in [-0.05, 0) is 128 Å². The first-order valence-electron chi connectivity index (χ1n) is 29.6. The van der Waals surface area contributed by atoms with Gasteiger partial charge in [-0.1, -0.05) is 285 Å². The Kier molecular flexibility index (Phi) is 13.1. The lowest BCUT2D eigenvalue weighted by atomic mass is 9.94. The molecule has 0 aliphatic carbocycles. The van der Waals surface area contributed by atoms with Gasteiger partial charge in [0.2, 0.25) is 0 Å². The maximum atomic E-state index is 5.03. The molecule has 0 fully saturated rings. The van der Waals surface area contributed by atoms with E-state index in [1.54, 1.807) is 0 Å². The van der Waals surface area contributed by atoms with Gasteiger partial charge in [0.25, 0.3) is 0 Å². The highest BCUT2D eigenvalue weighted by Gasteiger charge is 2.17. The molecule has 2 aromatic heterocycles. The number of aromatic nitrogens is 6. The molecule has 17 aromatic rings. The van der Waals surface area contributed by atoms with Gasteiger partial charge in [-0.2, -0.15) is 0 Å². The third-order valence-corrected chi connectivity index (χ3v) is 16.8. The molecule has 17 rings (SSSR count). The molecule has 0 spiro atoms. The van der Waals surface area contributed by atoms with Crippen LogP contribution in [0, 0.1) is 0 Å². The lowest BCUT2D eigenvalue weighted by molar-refractivity contribution is 1.07. The molecule has 0 unspecified atom stereocenters. The molecular formula is C82H52N6. The molecule has 2 heterocycles. The molecule has 0 saturated heterocycles. The minimum absolute atomic E-state index is 0.650. The molecule has 410 valence electrons. The largest absolute Gasteiger partial charge is 0.208 e. The van der Waals surface area contributed by atoms with Crippen LogP contribution in [0.25, 0.3) is 166 Å². The van der Waals surface area contributed by atoms with Crippen molar-refractivity contribution < 1.29 is 0 Å². The number of rotatable bonds is 8. The van der Waals surface area contributed by atoms with E-state index in [0.717, 1.165) is 61.0 Å². The Balaban J connectivity index is 0.000000142. The Labute approximate surface area is 508 Å². The van der Waals surface area contributed by atoms with Crippen LogP contribution in [-0.4, -0.2) is 29.9 Å². The van der Waals surface area contributed by atoms with Gasteiger partial charge in [-0.15, -0.1) is 0 Å². The molecule has 88 heavy (non-hydrogen) atoms. The molecule has 15 aromatic carbocycles. The Morgan fingerprint density at radius 3 is 0.795 bits per heavy atom. The highest BCUT2D eigenvalue weighted by Crippen LogP contribution is 2.38. The summed E-state index contributed by atoms with van der Waals surface area (Å²) in [5, 5.41) is 17.5. The predicted molar refractivity (Wildman–Crippen MR) is 366 cm³/mol. The van der Waals surface area contributed by atoms with Crippen LogP contribution in [0.5, 0.6) is 0 Å². The lowest BCUT2D eigenvalue weighted by Gasteiger charge is -2.11. The summed E-state index contributed by atoms with van der Waals surface area (Å²) < 4.78 is 0. The number of fused-ring (bicyclic) bond motifs is 11. The van der Waals surface area contributed by atoms with Crippen molar-refractivity contribution in [1.29, 1.82) is 0 Å².